The van der Waals surface area contributed by atoms with Gasteiger partial charge in [0.2, 0.25) is 5.41 Å². The lowest BCUT2D eigenvalue weighted by Gasteiger charge is -2.36. The van der Waals surface area contributed by atoms with E-state index in [1.807, 2.05) is 0 Å². The van der Waals surface area contributed by atoms with Gasteiger partial charge in [-0.3, -0.25) is 0 Å². The van der Waals surface area contributed by atoms with E-state index in [0.717, 1.165) is 0 Å². The van der Waals surface area contributed by atoms with Gasteiger partial charge in [-0.1, -0.05) is 0 Å². The lowest BCUT2D eigenvalue weighted by atomic mass is 9.79. The Morgan fingerprint density at radius 2 is 0.880 bits per heavy atom. The first kappa shape index (κ1) is 21.5. The fraction of sp³-hybridized carbons (Fsp3) is 0.600. The molecule has 25 heavy (non-hydrogen) atoms. The van der Waals surface area contributed by atoms with E-state index in [1.54, 1.807) is 0 Å². The van der Waals surface area contributed by atoms with Gasteiger partial charge >= 0.3 is 30.9 Å². The molecule has 0 fully saturated rings. The molecule has 146 valence electrons. The topological polar surface area (TPSA) is 0 Å². The highest BCUT2D eigenvalue weighted by Crippen LogP contribution is 2.67. The molecule has 0 saturated carbocycles. The van der Waals surface area contributed by atoms with E-state index in [-0.39, 0.29) is 0 Å². The Morgan fingerprint density at radius 3 is 1.08 bits per heavy atom. The largest absolute Gasteiger partial charge is 0.417 e. The summed E-state index contributed by atoms with van der Waals surface area (Å²) in [7, 11) is 0. The van der Waals surface area contributed by atoms with Crippen molar-refractivity contribution in [2.45, 2.75) is 30.9 Å². The van der Waals surface area contributed by atoms with Gasteiger partial charge in [0.15, 0.2) is 0 Å². The molecule has 1 aliphatic rings. The van der Waals surface area contributed by atoms with E-state index in [4.69, 9.17) is 0 Å². The summed E-state index contributed by atoms with van der Waals surface area (Å²) in [6.45, 7) is 0. The average Bonchev–Trinajstić information content (AvgIpc) is 2.61. The van der Waals surface area contributed by atoms with Gasteiger partial charge in [0.25, 0.3) is 0 Å². The summed E-state index contributed by atoms with van der Waals surface area (Å²) in [5, 5.41) is 0. The Bertz CT molecular complexity index is 583. The minimum Gasteiger partial charge on any atom is -0.169 e. The van der Waals surface area contributed by atoms with E-state index >= 15 is 0 Å². The van der Waals surface area contributed by atoms with Crippen LogP contribution in [0.2, 0.25) is 0 Å². The van der Waals surface area contributed by atoms with Crippen LogP contribution < -0.4 is 0 Å². The van der Waals surface area contributed by atoms with Crippen molar-refractivity contribution >= 4 is 0 Å². The third kappa shape index (κ3) is 3.28. The zero-order valence-corrected chi connectivity index (χ0v) is 10.7. The lowest BCUT2D eigenvalue weighted by molar-refractivity contribution is -0.318. The molecule has 0 nitrogen and oxygen atoms in total. The molecule has 0 radical (unpaired) electrons. The third-order valence-electron chi connectivity index (χ3n) is 3.04. The van der Waals surface area contributed by atoms with Crippen molar-refractivity contribution in [3.8, 4) is 0 Å². The van der Waals surface area contributed by atoms with Crippen molar-refractivity contribution in [2.24, 2.45) is 5.41 Å². The van der Waals surface area contributed by atoms with Crippen LogP contribution in [0.25, 0.3) is 0 Å². The van der Waals surface area contributed by atoms with Crippen LogP contribution in [0.5, 0.6) is 0 Å². The van der Waals surface area contributed by atoms with E-state index in [2.05, 4.69) is 0 Å². The second-order valence-corrected chi connectivity index (χ2v) is 4.60. The normalized spacial score (nSPS) is 20.2. The summed E-state index contributed by atoms with van der Waals surface area (Å²) in [6.07, 6.45) is -36.9. The van der Waals surface area contributed by atoms with Gasteiger partial charge < -0.3 is 0 Å². The molecule has 0 spiro atoms. The first-order valence-corrected chi connectivity index (χ1v) is 5.41. The van der Waals surface area contributed by atoms with Crippen LogP contribution in [-0.2, 0) is 0 Å². The standard InChI is InChI=1S/C10HF15/c11-6(12,13)2-1-5(9(20,21)22,10(23,24)25)4(8(17,18)19)3(2)7(14,15)16/h1H. The second kappa shape index (κ2) is 5.22. The average molecular weight is 406 g/mol. The van der Waals surface area contributed by atoms with Crippen molar-refractivity contribution in [2.75, 3.05) is 0 Å². The van der Waals surface area contributed by atoms with E-state index in [1.165, 1.54) is 0 Å². The summed E-state index contributed by atoms with van der Waals surface area (Å²) >= 11 is 0. The number of allylic oxidation sites excluding steroid dienone is 4. The van der Waals surface area contributed by atoms with E-state index in [0.29, 0.717) is 0 Å². The molecule has 1 aliphatic carbocycles. The molecule has 0 bridgehead atoms. The van der Waals surface area contributed by atoms with Crippen molar-refractivity contribution < 1.29 is 65.9 Å². The molecule has 0 amide bonds. The molecule has 0 aromatic rings. The monoisotopic (exact) mass is 406 g/mol. The molecule has 0 aromatic heterocycles. The van der Waals surface area contributed by atoms with Crippen LogP contribution in [0.1, 0.15) is 0 Å². The number of alkyl halides is 15. The first-order chi connectivity index (χ1) is 10.6. The number of halogens is 15. The van der Waals surface area contributed by atoms with Crippen molar-refractivity contribution in [3.05, 3.63) is 22.8 Å². The summed E-state index contributed by atoms with van der Waals surface area (Å²) in [6, 6.07) is 0. The SMILES string of the molecule is FC(F)(F)C1=CC(C(F)(F)F)(C(F)(F)F)C(C(F)(F)F)=C1C(F)(F)F. The van der Waals surface area contributed by atoms with Crippen LogP contribution in [0.3, 0.4) is 0 Å². The maximum absolute atomic E-state index is 12.8. The highest BCUT2D eigenvalue weighted by Gasteiger charge is 2.80. The Hall–Kier alpha value is -1.57. The van der Waals surface area contributed by atoms with Crippen LogP contribution >= 0.6 is 0 Å². The van der Waals surface area contributed by atoms with Crippen molar-refractivity contribution in [1.82, 2.24) is 0 Å². The van der Waals surface area contributed by atoms with Gasteiger partial charge in [0.1, 0.15) is 0 Å². The van der Waals surface area contributed by atoms with Gasteiger partial charge in [0.05, 0.1) is 16.7 Å². The zero-order valence-electron chi connectivity index (χ0n) is 10.7. The Balaban J connectivity index is 4.22. The Morgan fingerprint density at radius 1 is 0.520 bits per heavy atom. The molecule has 0 atom stereocenters. The fourth-order valence-corrected chi connectivity index (χ4v) is 2.18. The number of hydrogen-bond acceptors (Lipinski definition) is 0. The molecular formula is C10HF15. The first-order valence-electron chi connectivity index (χ1n) is 5.41. The van der Waals surface area contributed by atoms with Crippen LogP contribution in [0, 0.1) is 5.41 Å². The highest BCUT2D eigenvalue weighted by atomic mass is 19.4. The van der Waals surface area contributed by atoms with Gasteiger partial charge in [-0.2, -0.15) is 65.9 Å². The maximum Gasteiger partial charge on any atom is 0.417 e. The molecular weight excluding hydrogens is 405 g/mol. The predicted molar refractivity (Wildman–Crippen MR) is 47.8 cm³/mol. The summed E-state index contributed by atoms with van der Waals surface area (Å²) in [5.74, 6) is 0. The molecule has 0 heterocycles. The zero-order chi connectivity index (χ0) is 20.4. The van der Waals surface area contributed by atoms with Crippen LogP contribution in [-0.4, -0.2) is 30.9 Å². The van der Waals surface area contributed by atoms with Crippen LogP contribution in [0.15, 0.2) is 22.8 Å². The van der Waals surface area contributed by atoms with Gasteiger partial charge in [-0.25, -0.2) is 0 Å². The highest BCUT2D eigenvalue weighted by molar-refractivity contribution is 5.56. The number of hydrogen-bond donors (Lipinski definition) is 0. The smallest absolute Gasteiger partial charge is 0.169 e. The summed E-state index contributed by atoms with van der Waals surface area (Å²) in [4.78, 5) is 0. The van der Waals surface area contributed by atoms with Gasteiger partial charge in [-0.05, 0) is 6.08 Å². The fourth-order valence-electron chi connectivity index (χ4n) is 2.18. The maximum atomic E-state index is 12.8. The van der Waals surface area contributed by atoms with E-state index < -0.39 is 59.1 Å². The van der Waals surface area contributed by atoms with Crippen LogP contribution in [0.4, 0.5) is 65.9 Å². The predicted octanol–water partition coefficient (Wildman–Crippen LogP) is 6.02. The molecule has 1 rings (SSSR count). The third-order valence-corrected chi connectivity index (χ3v) is 3.04. The molecule has 0 aliphatic heterocycles. The Kier molecular flexibility index (Phi) is 4.48. The molecule has 0 aromatic carbocycles. The summed E-state index contributed by atoms with van der Waals surface area (Å²) < 4.78 is 190. The Labute approximate surface area is 126 Å². The molecule has 0 N–H and O–H groups in total. The molecule has 0 saturated heterocycles. The summed E-state index contributed by atoms with van der Waals surface area (Å²) in [5.41, 5.74) is -18.8. The molecule has 0 unspecified atom stereocenters. The second-order valence-electron chi connectivity index (χ2n) is 4.60. The lowest BCUT2D eigenvalue weighted by Crippen LogP contribution is -2.52. The minimum atomic E-state index is -7.19. The quantitative estimate of drug-likeness (QED) is 0.432. The molecule has 15 heteroatoms. The van der Waals surface area contributed by atoms with Gasteiger partial charge in [-0.15, -0.1) is 0 Å². The van der Waals surface area contributed by atoms with Gasteiger partial charge in [0, 0.05) is 0 Å². The van der Waals surface area contributed by atoms with Crippen molar-refractivity contribution in [3.63, 3.8) is 0 Å². The van der Waals surface area contributed by atoms with E-state index in [9.17, 15) is 65.9 Å². The number of rotatable bonds is 0. The minimum absolute atomic E-state index is 2.13. The van der Waals surface area contributed by atoms with Crippen molar-refractivity contribution in [1.29, 1.82) is 0 Å².